The fourth-order valence-corrected chi connectivity index (χ4v) is 6.70. The molecule has 1 aliphatic rings. The third-order valence-corrected chi connectivity index (χ3v) is 8.01. The second-order valence-corrected chi connectivity index (χ2v) is 9.85. The van der Waals surface area contributed by atoms with Crippen molar-refractivity contribution >= 4 is 37.7 Å². The van der Waals surface area contributed by atoms with Crippen molar-refractivity contribution in [3.63, 3.8) is 0 Å². The van der Waals surface area contributed by atoms with Gasteiger partial charge in [0.05, 0.1) is 24.5 Å². The molecule has 2 aromatic carbocycles. The van der Waals surface area contributed by atoms with Crippen LogP contribution in [-0.4, -0.2) is 39.2 Å². The number of methoxy groups -OCH3 is 2. The van der Waals surface area contributed by atoms with Crippen LogP contribution in [0.25, 0.3) is 0 Å². The normalized spacial score (nSPS) is 18.1. The zero-order chi connectivity index (χ0) is 18.9. The first kappa shape index (κ1) is 19.5. The number of nitrogens with zero attached hydrogens (tertiary/aromatic N) is 1. The lowest BCUT2D eigenvalue weighted by Gasteiger charge is -2.25. The summed E-state index contributed by atoms with van der Waals surface area (Å²) in [6.45, 7) is 2.30. The van der Waals surface area contributed by atoms with E-state index in [2.05, 4.69) is 15.9 Å². The van der Waals surface area contributed by atoms with Gasteiger partial charge in [-0.15, -0.1) is 11.8 Å². The van der Waals surface area contributed by atoms with Gasteiger partial charge in [-0.05, 0) is 48.9 Å². The molecule has 1 atom stereocenters. The zero-order valence-corrected chi connectivity index (χ0v) is 17.9. The molecule has 0 bridgehead atoms. The summed E-state index contributed by atoms with van der Waals surface area (Å²) in [7, 11) is -0.467. The number of rotatable bonds is 5. The first-order valence-corrected chi connectivity index (χ1v) is 11.3. The number of benzene rings is 2. The lowest BCUT2D eigenvalue weighted by Crippen LogP contribution is -2.30. The van der Waals surface area contributed by atoms with Gasteiger partial charge in [0.25, 0.3) is 0 Å². The Labute approximate surface area is 166 Å². The summed E-state index contributed by atoms with van der Waals surface area (Å²) in [5.74, 6) is 2.08. The van der Waals surface area contributed by atoms with Crippen molar-refractivity contribution in [2.45, 2.75) is 17.2 Å². The second-order valence-electron chi connectivity index (χ2n) is 5.86. The molecule has 0 unspecified atom stereocenters. The zero-order valence-electron chi connectivity index (χ0n) is 14.7. The van der Waals surface area contributed by atoms with Gasteiger partial charge in [0.15, 0.2) is 0 Å². The lowest BCUT2D eigenvalue weighted by molar-refractivity contribution is 0.390. The van der Waals surface area contributed by atoms with Crippen molar-refractivity contribution in [1.29, 1.82) is 0 Å². The molecular formula is C18H20BrNO4S2. The van der Waals surface area contributed by atoms with Gasteiger partial charge in [0.2, 0.25) is 10.0 Å². The molecule has 5 nitrogen and oxygen atoms in total. The summed E-state index contributed by atoms with van der Waals surface area (Å²) in [5, 5.41) is -0.324. The van der Waals surface area contributed by atoms with Crippen LogP contribution in [-0.2, 0) is 10.0 Å². The SMILES string of the molecule is COc1ccc(S(=O)(=O)N2CCS[C@H]2c2cc(Br)ccc2OC)cc1C. The average molecular weight is 458 g/mol. The number of hydrogen-bond acceptors (Lipinski definition) is 5. The Kier molecular flexibility index (Phi) is 5.86. The maximum Gasteiger partial charge on any atom is 0.244 e. The molecule has 140 valence electrons. The molecule has 8 heteroatoms. The minimum Gasteiger partial charge on any atom is -0.496 e. The molecule has 0 radical (unpaired) electrons. The largest absolute Gasteiger partial charge is 0.496 e. The highest BCUT2D eigenvalue weighted by molar-refractivity contribution is 9.10. The summed E-state index contributed by atoms with van der Waals surface area (Å²) < 4.78 is 39.7. The topological polar surface area (TPSA) is 55.8 Å². The van der Waals surface area contributed by atoms with Crippen molar-refractivity contribution in [3.05, 3.63) is 52.0 Å². The maximum atomic E-state index is 13.3. The molecule has 3 rings (SSSR count). The monoisotopic (exact) mass is 457 g/mol. The summed E-state index contributed by atoms with van der Waals surface area (Å²) >= 11 is 5.06. The summed E-state index contributed by atoms with van der Waals surface area (Å²) in [5.41, 5.74) is 1.63. The highest BCUT2D eigenvalue weighted by Crippen LogP contribution is 2.45. The Morgan fingerprint density at radius 2 is 1.81 bits per heavy atom. The number of aryl methyl sites for hydroxylation is 1. The van der Waals surface area contributed by atoms with Crippen LogP contribution in [0.3, 0.4) is 0 Å². The van der Waals surface area contributed by atoms with Gasteiger partial charge in [-0.25, -0.2) is 8.42 Å². The minimum absolute atomic E-state index is 0.275. The Balaban J connectivity index is 2.02. The van der Waals surface area contributed by atoms with Gasteiger partial charge in [0, 0.05) is 22.3 Å². The third-order valence-electron chi connectivity index (χ3n) is 4.28. The highest BCUT2D eigenvalue weighted by Gasteiger charge is 2.38. The van der Waals surface area contributed by atoms with E-state index in [0.29, 0.717) is 18.0 Å². The van der Waals surface area contributed by atoms with Crippen LogP contribution in [0, 0.1) is 6.92 Å². The van der Waals surface area contributed by atoms with Gasteiger partial charge in [-0.1, -0.05) is 15.9 Å². The van der Waals surface area contributed by atoms with E-state index >= 15 is 0 Å². The molecule has 0 amide bonds. The van der Waals surface area contributed by atoms with Gasteiger partial charge in [-0.2, -0.15) is 4.31 Å². The number of ether oxygens (including phenoxy) is 2. The fraction of sp³-hybridized carbons (Fsp3) is 0.333. The van der Waals surface area contributed by atoms with Crippen LogP contribution in [0.1, 0.15) is 16.5 Å². The quantitative estimate of drug-likeness (QED) is 0.672. The molecule has 1 saturated heterocycles. The molecule has 0 spiro atoms. The van der Waals surface area contributed by atoms with E-state index in [4.69, 9.17) is 9.47 Å². The van der Waals surface area contributed by atoms with Crippen LogP contribution in [0.5, 0.6) is 11.5 Å². The molecule has 0 aliphatic carbocycles. The lowest BCUT2D eigenvalue weighted by atomic mass is 10.2. The van der Waals surface area contributed by atoms with Crippen molar-refractivity contribution in [1.82, 2.24) is 4.31 Å². The van der Waals surface area contributed by atoms with E-state index < -0.39 is 10.0 Å². The predicted octanol–water partition coefficient (Wildman–Crippen LogP) is 4.21. The van der Waals surface area contributed by atoms with Crippen LogP contribution in [0.15, 0.2) is 45.8 Å². The van der Waals surface area contributed by atoms with Gasteiger partial charge < -0.3 is 9.47 Å². The standard InChI is InChI=1S/C18H20BrNO4S2/c1-12-10-14(5-7-16(12)23-2)26(21,22)20-8-9-25-18(20)15-11-13(19)4-6-17(15)24-3/h4-7,10-11,18H,8-9H2,1-3H3/t18-/m0/s1. The number of thioether (sulfide) groups is 1. The van der Waals surface area contributed by atoms with Gasteiger partial charge in [-0.3, -0.25) is 0 Å². The van der Waals surface area contributed by atoms with E-state index in [0.717, 1.165) is 21.4 Å². The first-order chi connectivity index (χ1) is 12.4. The van der Waals surface area contributed by atoms with Crippen LogP contribution in [0.4, 0.5) is 0 Å². The van der Waals surface area contributed by atoms with E-state index in [1.54, 1.807) is 48.5 Å². The molecule has 2 aromatic rings. The Bertz CT molecular complexity index is 917. The smallest absolute Gasteiger partial charge is 0.244 e. The van der Waals surface area contributed by atoms with Crippen LogP contribution < -0.4 is 9.47 Å². The first-order valence-electron chi connectivity index (χ1n) is 8.00. The Morgan fingerprint density at radius 1 is 1.12 bits per heavy atom. The van der Waals surface area contributed by atoms with E-state index in [-0.39, 0.29) is 10.3 Å². The van der Waals surface area contributed by atoms with E-state index in [1.807, 2.05) is 25.1 Å². The highest BCUT2D eigenvalue weighted by atomic mass is 79.9. The predicted molar refractivity (Wildman–Crippen MR) is 108 cm³/mol. The molecule has 26 heavy (non-hydrogen) atoms. The molecule has 1 aliphatic heterocycles. The maximum absolute atomic E-state index is 13.3. The number of sulfonamides is 1. The van der Waals surface area contributed by atoms with Crippen molar-refractivity contribution < 1.29 is 17.9 Å². The van der Waals surface area contributed by atoms with Crippen molar-refractivity contribution in [2.24, 2.45) is 0 Å². The summed E-state index contributed by atoms with van der Waals surface area (Å²) in [4.78, 5) is 0.275. The molecule has 1 heterocycles. The Morgan fingerprint density at radius 3 is 2.46 bits per heavy atom. The molecular weight excluding hydrogens is 438 g/mol. The average Bonchev–Trinajstić information content (AvgIpc) is 3.12. The van der Waals surface area contributed by atoms with Gasteiger partial charge >= 0.3 is 0 Å². The van der Waals surface area contributed by atoms with Gasteiger partial charge in [0.1, 0.15) is 11.5 Å². The third kappa shape index (κ3) is 3.60. The fourth-order valence-electron chi connectivity index (χ4n) is 2.99. The van der Waals surface area contributed by atoms with Crippen molar-refractivity contribution in [2.75, 3.05) is 26.5 Å². The number of hydrogen-bond donors (Lipinski definition) is 0. The summed E-state index contributed by atoms with van der Waals surface area (Å²) in [6.07, 6.45) is 0. The molecule has 0 saturated carbocycles. The van der Waals surface area contributed by atoms with Crippen LogP contribution >= 0.6 is 27.7 Å². The summed E-state index contributed by atoms with van der Waals surface area (Å²) in [6, 6.07) is 10.6. The van der Waals surface area contributed by atoms with E-state index in [9.17, 15) is 8.42 Å². The molecule has 0 N–H and O–H groups in total. The van der Waals surface area contributed by atoms with Crippen LogP contribution in [0.2, 0.25) is 0 Å². The molecule has 0 aromatic heterocycles. The minimum atomic E-state index is -3.64. The number of halogens is 1. The van der Waals surface area contributed by atoms with Crippen molar-refractivity contribution in [3.8, 4) is 11.5 Å². The second kappa shape index (κ2) is 7.80. The van der Waals surface area contributed by atoms with E-state index in [1.165, 1.54) is 0 Å². The molecule has 1 fully saturated rings. The Hall–Kier alpha value is -1.22.